The first kappa shape index (κ1) is 17.1. The van der Waals surface area contributed by atoms with Crippen LogP contribution in [-0.2, 0) is 5.41 Å². The summed E-state index contributed by atoms with van der Waals surface area (Å²) in [4.78, 5) is 4.62. The van der Waals surface area contributed by atoms with Crippen molar-refractivity contribution in [2.24, 2.45) is 0 Å². The molecule has 0 unspecified atom stereocenters. The summed E-state index contributed by atoms with van der Waals surface area (Å²) in [6.45, 7) is 6.88. The third-order valence-corrected chi connectivity index (χ3v) is 4.34. The number of hydrogen-bond acceptors (Lipinski definition) is 4. The van der Waals surface area contributed by atoms with E-state index in [9.17, 15) is 0 Å². The Morgan fingerprint density at radius 3 is 2.44 bits per heavy atom. The fourth-order valence-corrected chi connectivity index (χ4v) is 2.74. The number of H-pyrrole nitrogens is 1. The summed E-state index contributed by atoms with van der Waals surface area (Å²) in [5, 5.41) is 11.1. The van der Waals surface area contributed by atoms with Gasteiger partial charge in [-0.15, -0.1) is 5.10 Å². The summed E-state index contributed by atoms with van der Waals surface area (Å²) < 4.78 is 7.38. The van der Waals surface area contributed by atoms with Crippen molar-refractivity contribution in [3.05, 3.63) is 66.4 Å². The molecule has 2 N–H and O–H groups in total. The number of fused-ring (bicyclic) bond motifs is 1. The predicted octanol–water partition coefficient (Wildman–Crippen LogP) is 4.47. The highest BCUT2D eigenvalue weighted by Crippen LogP contribution is 2.24. The van der Waals surface area contributed by atoms with E-state index in [4.69, 9.17) is 4.74 Å². The molecule has 0 aliphatic heterocycles. The Balaban J connectivity index is 1.42. The maximum absolute atomic E-state index is 5.65. The van der Waals surface area contributed by atoms with E-state index in [0.717, 1.165) is 28.3 Å². The van der Waals surface area contributed by atoms with Gasteiger partial charge in [0.25, 0.3) is 0 Å². The number of ether oxygens (including phenoxy) is 1. The molecule has 27 heavy (non-hydrogen) atoms. The molecule has 2 aromatic carbocycles. The van der Waals surface area contributed by atoms with Crippen molar-refractivity contribution in [3.63, 3.8) is 0 Å². The quantitative estimate of drug-likeness (QED) is 0.515. The van der Waals surface area contributed by atoms with Crippen molar-refractivity contribution >= 4 is 11.3 Å². The molecule has 2 aromatic heterocycles. The highest BCUT2D eigenvalue weighted by atomic mass is 16.5. The van der Waals surface area contributed by atoms with E-state index in [1.807, 2.05) is 60.7 Å². The molecule has 0 fully saturated rings. The van der Waals surface area contributed by atoms with E-state index in [-0.39, 0.29) is 5.41 Å². The molecule has 2 heterocycles. The molecule has 0 bridgehead atoms. The van der Waals surface area contributed by atoms with Crippen LogP contribution in [0, 0.1) is 0 Å². The van der Waals surface area contributed by atoms with E-state index in [1.54, 1.807) is 4.63 Å². The van der Waals surface area contributed by atoms with Gasteiger partial charge in [0.15, 0.2) is 18.2 Å². The fraction of sp³-hybridized carbons (Fsp3) is 0.238. The molecule has 138 valence electrons. The zero-order chi connectivity index (χ0) is 18.9. The van der Waals surface area contributed by atoms with Gasteiger partial charge in [-0.05, 0) is 36.4 Å². The third-order valence-electron chi connectivity index (χ3n) is 4.34. The van der Waals surface area contributed by atoms with Crippen molar-refractivity contribution in [1.29, 1.82) is 0 Å². The van der Waals surface area contributed by atoms with Crippen LogP contribution < -0.4 is 10.1 Å². The number of aromatic nitrogens is 4. The van der Waals surface area contributed by atoms with Gasteiger partial charge in [-0.2, -0.15) is 4.63 Å². The third kappa shape index (κ3) is 3.79. The van der Waals surface area contributed by atoms with Crippen LogP contribution in [0.2, 0.25) is 0 Å². The lowest BCUT2D eigenvalue weighted by Gasteiger charge is -2.14. The minimum Gasteiger partial charge on any atom is -0.473 e. The minimum atomic E-state index is 0.0394. The Hall–Kier alpha value is -3.28. The molecule has 0 saturated heterocycles. The zero-order valence-electron chi connectivity index (χ0n) is 15.7. The van der Waals surface area contributed by atoms with E-state index >= 15 is 0 Å². The molecule has 0 atom stereocenters. The first-order valence-corrected chi connectivity index (χ1v) is 8.97. The summed E-state index contributed by atoms with van der Waals surface area (Å²) in [5.41, 5.74) is 3.93. The number of nitrogens with one attached hydrogen (secondary N) is 2. The second-order valence-corrected chi connectivity index (χ2v) is 7.48. The Bertz CT molecular complexity index is 995. The number of hydrogen-bond donors (Lipinski definition) is 2. The van der Waals surface area contributed by atoms with Gasteiger partial charge in [-0.25, -0.2) is 4.98 Å². The van der Waals surface area contributed by atoms with Crippen molar-refractivity contribution < 1.29 is 4.74 Å². The highest BCUT2D eigenvalue weighted by Gasteiger charge is 2.18. The number of nitrogens with zero attached hydrogens (tertiary/aromatic N) is 3. The maximum atomic E-state index is 5.65. The number of benzene rings is 2. The van der Waals surface area contributed by atoms with E-state index in [2.05, 4.69) is 41.3 Å². The van der Waals surface area contributed by atoms with Crippen molar-refractivity contribution in [2.75, 3.05) is 12.0 Å². The highest BCUT2D eigenvalue weighted by molar-refractivity contribution is 5.61. The second kappa shape index (κ2) is 6.79. The van der Waals surface area contributed by atoms with Crippen LogP contribution in [0.25, 0.3) is 17.0 Å². The summed E-state index contributed by atoms with van der Waals surface area (Å²) in [7, 11) is 0. The molecular formula is C21H23N5O. The normalized spacial score (nSPS) is 11.7. The maximum Gasteiger partial charge on any atom is 0.183 e. The van der Waals surface area contributed by atoms with Crippen molar-refractivity contribution in [3.8, 4) is 17.1 Å². The molecule has 0 aliphatic carbocycles. The van der Waals surface area contributed by atoms with Crippen LogP contribution in [0.1, 0.15) is 26.5 Å². The summed E-state index contributed by atoms with van der Waals surface area (Å²) in [5.74, 6) is 1.54. The van der Waals surface area contributed by atoms with Crippen LogP contribution in [0.5, 0.6) is 5.75 Å². The molecule has 0 amide bonds. The lowest BCUT2D eigenvalue weighted by Crippen LogP contribution is -2.12. The monoisotopic (exact) mass is 361 g/mol. The standard InChI is InChI=1S/C21H23N5O/c1-21(2,3)18-13-19-23-20(25-26(19)24-18)15-9-11-16(12-10-15)22-14-27-17-7-5-4-6-8-17/h4-13,22,24H,14H2,1-3H3. The Labute approximate surface area is 158 Å². The smallest absolute Gasteiger partial charge is 0.183 e. The van der Waals surface area contributed by atoms with Crippen LogP contribution in [-0.4, -0.2) is 26.5 Å². The molecule has 6 nitrogen and oxygen atoms in total. The van der Waals surface area contributed by atoms with Crippen LogP contribution in [0.15, 0.2) is 60.7 Å². The molecule has 0 spiro atoms. The lowest BCUT2D eigenvalue weighted by molar-refractivity contribution is 0.347. The van der Waals surface area contributed by atoms with Crippen LogP contribution in [0.3, 0.4) is 0 Å². The van der Waals surface area contributed by atoms with E-state index in [1.165, 1.54) is 0 Å². The topological polar surface area (TPSA) is 67.2 Å². The summed E-state index contributed by atoms with van der Waals surface area (Å²) in [6.07, 6.45) is 0. The first-order chi connectivity index (χ1) is 13.0. The lowest BCUT2D eigenvalue weighted by atomic mass is 9.93. The number of rotatable bonds is 5. The van der Waals surface area contributed by atoms with Crippen LogP contribution in [0.4, 0.5) is 5.69 Å². The zero-order valence-corrected chi connectivity index (χ0v) is 15.7. The van der Waals surface area contributed by atoms with Gasteiger partial charge in [0.2, 0.25) is 0 Å². The largest absolute Gasteiger partial charge is 0.473 e. The first-order valence-electron chi connectivity index (χ1n) is 8.97. The van der Waals surface area contributed by atoms with Crippen molar-refractivity contribution in [1.82, 2.24) is 19.8 Å². The van der Waals surface area contributed by atoms with Gasteiger partial charge in [0.1, 0.15) is 5.75 Å². The molecule has 0 saturated carbocycles. The van der Waals surface area contributed by atoms with Gasteiger partial charge in [-0.3, -0.25) is 5.10 Å². The number of para-hydroxylation sites is 1. The second-order valence-electron chi connectivity index (χ2n) is 7.48. The molecule has 0 radical (unpaired) electrons. The van der Waals surface area contributed by atoms with Crippen LogP contribution >= 0.6 is 0 Å². The predicted molar refractivity (Wildman–Crippen MR) is 107 cm³/mol. The average Bonchev–Trinajstić information content (AvgIpc) is 3.22. The Kier molecular flexibility index (Phi) is 4.32. The summed E-state index contributed by atoms with van der Waals surface area (Å²) in [6, 6.07) is 19.8. The van der Waals surface area contributed by atoms with E-state index in [0.29, 0.717) is 12.6 Å². The Morgan fingerprint density at radius 2 is 1.78 bits per heavy atom. The fourth-order valence-electron chi connectivity index (χ4n) is 2.74. The molecule has 6 heteroatoms. The van der Waals surface area contributed by atoms with Gasteiger partial charge >= 0.3 is 0 Å². The molecule has 4 aromatic rings. The molecule has 0 aliphatic rings. The van der Waals surface area contributed by atoms with E-state index < -0.39 is 0 Å². The molecular weight excluding hydrogens is 338 g/mol. The SMILES string of the molecule is CC(C)(C)c1cc2nc(-c3ccc(NCOc4ccccc4)cc3)nn2[nH]1. The van der Waals surface area contributed by atoms with Gasteiger partial charge < -0.3 is 10.1 Å². The van der Waals surface area contributed by atoms with Gasteiger partial charge in [0.05, 0.1) is 0 Å². The summed E-state index contributed by atoms with van der Waals surface area (Å²) >= 11 is 0. The number of anilines is 1. The average molecular weight is 361 g/mol. The van der Waals surface area contributed by atoms with Gasteiger partial charge in [-0.1, -0.05) is 39.0 Å². The van der Waals surface area contributed by atoms with Gasteiger partial charge in [0, 0.05) is 28.4 Å². The number of aromatic amines is 1. The minimum absolute atomic E-state index is 0.0394. The van der Waals surface area contributed by atoms with Crippen molar-refractivity contribution in [2.45, 2.75) is 26.2 Å². The Morgan fingerprint density at radius 1 is 1.04 bits per heavy atom. The molecule has 4 rings (SSSR count).